The minimum absolute atomic E-state index is 0.0114. The summed E-state index contributed by atoms with van der Waals surface area (Å²) in [6.45, 7) is 2.00. The van der Waals surface area contributed by atoms with Gasteiger partial charge in [0.1, 0.15) is 11.3 Å². The van der Waals surface area contributed by atoms with Gasteiger partial charge in [0.05, 0.1) is 11.5 Å². The molecule has 5 nitrogen and oxygen atoms in total. The first kappa shape index (κ1) is 16.7. The number of fused-ring (bicyclic) bond motifs is 1. The fourth-order valence-corrected chi connectivity index (χ4v) is 3.48. The van der Waals surface area contributed by atoms with Crippen LogP contribution in [0.4, 0.5) is 0 Å². The molecule has 0 fully saturated rings. The summed E-state index contributed by atoms with van der Waals surface area (Å²) < 4.78 is 10.6. The number of thiophene rings is 1. The van der Waals surface area contributed by atoms with E-state index in [0.717, 1.165) is 5.56 Å². The van der Waals surface area contributed by atoms with Gasteiger partial charge < -0.3 is 14.4 Å². The highest BCUT2D eigenvalue weighted by Gasteiger charge is 2.38. The van der Waals surface area contributed by atoms with Crippen molar-refractivity contribution in [2.45, 2.75) is 25.6 Å². The summed E-state index contributed by atoms with van der Waals surface area (Å²) in [7, 11) is -1.13. The van der Waals surface area contributed by atoms with E-state index in [-0.39, 0.29) is 24.6 Å². The number of ketones is 1. The number of hydrogen-bond donors (Lipinski definition) is 1. The van der Waals surface area contributed by atoms with Crippen molar-refractivity contribution in [1.29, 1.82) is 0 Å². The quantitative estimate of drug-likeness (QED) is 0.513. The van der Waals surface area contributed by atoms with Crippen LogP contribution in [0, 0.1) is 0 Å². The second kappa shape index (κ2) is 7.19. The third-order valence-electron chi connectivity index (χ3n) is 3.96. The normalized spacial score (nSPS) is 16.2. The lowest BCUT2D eigenvalue weighted by Crippen LogP contribution is -2.35. The standard InChI is InChI=1S/C17H17BO5S/c1-2-22-17(20)13-6-3-5-11-9-12(18(21)23-16(11)13)10-14(19)15-7-4-8-24-15/h3-8,12,21H,2,9-10H2,1H3/t12-/m1/s1. The van der Waals surface area contributed by atoms with Crippen molar-refractivity contribution in [3.05, 3.63) is 51.7 Å². The molecule has 2 aromatic rings. The van der Waals surface area contributed by atoms with Crippen molar-refractivity contribution in [3.63, 3.8) is 0 Å². The van der Waals surface area contributed by atoms with Gasteiger partial charge in [-0.25, -0.2) is 4.79 Å². The highest BCUT2D eigenvalue weighted by Crippen LogP contribution is 2.37. The maximum atomic E-state index is 12.3. The SMILES string of the molecule is CCOC(=O)c1cccc2c1OB(O)[C@@H](CC(=O)c1cccs1)C2. The Morgan fingerprint density at radius 1 is 1.38 bits per heavy atom. The molecule has 2 heterocycles. The van der Waals surface area contributed by atoms with E-state index in [0.29, 0.717) is 22.6 Å². The third-order valence-corrected chi connectivity index (χ3v) is 4.87. The molecular weight excluding hydrogens is 327 g/mol. The number of rotatable bonds is 5. The van der Waals surface area contributed by atoms with Crippen LogP contribution in [0.15, 0.2) is 35.7 Å². The molecule has 0 saturated carbocycles. The lowest BCUT2D eigenvalue weighted by Gasteiger charge is -2.28. The van der Waals surface area contributed by atoms with Crippen LogP contribution < -0.4 is 4.65 Å². The highest BCUT2D eigenvalue weighted by molar-refractivity contribution is 7.12. The first-order valence-corrected chi connectivity index (χ1v) is 8.68. The van der Waals surface area contributed by atoms with Gasteiger partial charge in [-0.3, -0.25) is 4.79 Å². The van der Waals surface area contributed by atoms with Crippen molar-refractivity contribution in [1.82, 2.24) is 0 Å². The van der Waals surface area contributed by atoms with Gasteiger partial charge in [-0.2, -0.15) is 0 Å². The van der Waals surface area contributed by atoms with Gasteiger partial charge in [-0.05, 0) is 36.4 Å². The van der Waals surface area contributed by atoms with Crippen molar-refractivity contribution in [2.75, 3.05) is 6.61 Å². The minimum atomic E-state index is -1.13. The van der Waals surface area contributed by atoms with Crippen LogP contribution in [0.1, 0.15) is 38.9 Å². The molecule has 0 spiro atoms. The molecule has 1 atom stereocenters. The van der Waals surface area contributed by atoms with Crippen LogP contribution in [0.2, 0.25) is 5.82 Å². The van der Waals surface area contributed by atoms with Crippen molar-refractivity contribution in [2.24, 2.45) is 0 Å². The zero-order valence-corrected chi connectivity index (χ0v) is 14.0. The molecule has 124 valence electrons. The van der Waals surface area contributed by atoms with E-state index in [1.54, 1.807) is 25.1 Å². The maximum Gasteiger partial charge on any atom is 0.526 e. The monoisotopic (exact) mass is 344 g/mol. The molecule has 0 aliphatic carbocycles. The van der Waals surface area contributed by atoms with E-state index in [1.165, 1.54) is 11.3 Å². The first-order valence-electron chi connectivity index (χ1n) is 7.80. The van der Waals surface area contributed by atoms with Gasteiger partial charge in [0.15, 0.2) is 5.78 Å². The topological polar surface area (TPSA) is 72.8 Å². The Labute approximate surface area is 144 Å². The van der Waals surface area contributed by atoms with E-state index in [1.807, 2.05) is 17.5 Å². The molecule has 3 rings (SSSR count). The molecule has 0 unspecified atom stereocenters. The zero-order chi connectivity index (χ0) is 17.1. The predicted octanol–water partition coefficient (Wildman–Crippen LogP) is 2.98. The molecule has 1 N–H and O–H groups in total. The number of benzene rings is 1. The Morgan fingerprint density at radius 3 is 2.92 bits per heavy atom. The molecule has 0 bridgehead atoms. The van der Waals surface area contributed by atoms with E-state index < -0.39 is 13.1 Å². The number of Topliss-reactive ketones (excluding diaryl/α,β-unsaturated/α-hetero) is 1. The van der Waals surface area contributed by atoms with Gasteiger partial charge in [-0.1, -0.05) is 18.2 Å². The van der Waals surface area contributed by atoms with Gasteiger partial charge >= 0.3 is 13.1 Å². The Morgan fingerprint density at radius 2 is 2.21 bits per heavy atom. The van der Waals surface area contributed by atoms with Gasteiger partial charge in [0.2, 0.25) is 0 Å². The number of hydrogen-bond acceptors (Lipinski definition) is 6. The number of carbonyl (C=O) groups is 2. The number of ether oxygens (including phenoxy) is 1. The fraction of sp³-hybridized carbons (Fsp3) is 0.294. The van der Waals surface area contributed by atoms with Crippen molar-refractivity contribution in [3.8, 4) is 5.75 Å². The molecule has 1 aliphatic heterocycles. The summed E-state index contributed by atoms with van der Waals surface area (Å²) in [5.74, 6) is -0.481. The highest BCUT2D eigenvalue weighted by atomic mass is 32.1. The summed E-state index contributed by atoms with van der Waals surface area (Å²) in [4.78, 5) is 24.9. The summed E-state index contributed by atoms with van der Waals surface area (Å²) >= 11 is 1.39. The van der Waals surface area contributed by atoms with Crippen LogP contribution in [0.5, 0.6) is 5.75 Å². The summed E-state index contributed by atoms with van der Waals surface area (Å²) in [6, 6.07) is 8.81. The van der Waals surface area contributed by atoms with Gasteiger partial charge in [0.25, 0.3) is 0 Å². The van der Waals surface area contributed by atoms with Gasteiger partial charge in [0, 0.05) is 12.2 Å². The van der Waals surface area contributed by atoms with Crippen LogP contribution in [0.25, 0.3) is 0 Å². The largest absolute Gasteiger partial charge is 0.535 e. The fourth-order valence-electron chi connectivity index (χ4n) is 2.80. The molecule has 1 aromatic heterocycles. The van der Waals surface area contributed by atoms with Crippen LogP contribution in [-0.4, -0.2) is 30.5 Å². The second-order valence-electron chi connectivity index (χ2n) is 5.59. The molecule has 0 saturated heterocycles. The van der Waals surface area contributed by atoms with E-state index in [4.69, 9.17) is 9.39 Å². The van der Waals surface area contributed by atoms with Gasteiger partial charge in [-0.15, -0.1) is 11.3 Å². The number of esters is 1. The molecule has 1 aliphatic rings. The third kappa shape index (κ3) is 3.37. The number of carbonyl (C=O) groups excluding carboxylic acids is 2. The molecule has 7 heteroatoms. The van der Waals surface area contributed by atoms with E-state index in [2.05, 4.69) is 0 Å². The molecule has 0 radical (unpaired) electrons. The lowest BCUT2D eigenvalue weighted by molar-refractivity contribution is 0.0523. The van der Waals surface area contributed by atoms with Crippen molar-refractivity contribution < 1.29 is 24.0 Å². The molecular formula is C17H17BO5S. The molecule has 24 heavy (non-hydrogen) atoms. The molecule has 1 aromatic carbocycles. The van der Waals surface area contributed by atoms with E-state index >= 15 is 0 Å². The summed E-state index contributed by atoms with van der Waals surface area (Å²) in [5, 5.41) is 12.1. The Balaban J connectivity index is 1.79. The Kier molecular flexibility index (Phi) is 5.01. The average Bonchev–Trinajstić information content (AvgIpc) is 3.10. The Hall–Kier alpha value is -2.12. The lowest BCUT2D eigenvalue weighted by atomic mass is 9.64. The number of para-hydroxylation sites is 1. The summed E-state index contributed by atoms with van der Waals surface area (Å²) in [5.41, 5.74) is 1.10. The second-order valence-corrected chi connectivity index (χ2v) is 6.54. The predicted molar refractivity (Wildman–Crippen MR) is 91.7 cm³/mol. The Bertz CT molecular complexity index is 743. The van der Waals surface area contributed by atoms with Crippen LogP contribution in [-0.2, 0) is 11.2 Å². The zero-order valence-electron chi connectivity index (χ0n) is 13.2. The smallest absolute Gasteiger partial charge is 0.526 e. The van der Waals surface area contributed by atoms with Crippen LogP contribution >= 0.6 is 11.3 Å². The summed E-state index contributed by atoms with van der Waals surface area (Å²) in [6.07, 6.45) is 0.672. The van der Waals surface area contributed by atoms with Crippen LogP contribution in [0.3, 0.4) is 0 Å². The molecule has 0 amide bonds. The maximum absolute atomic E-state index is 12.3. The first-order chi connectivity index (χ1) is 11.6. The van der Waals surface area contributed by atoms with E-state index in [9.17, 15) is 14.6 Å². The average molecular weight is 344 g/mol. The minimum Gasteiger partial charge on any atom is -0.535 e. The van der Waals surface area contributed by atoms with Crippen molar-refractivity contribution >= 4 is 30.2 Å².